The van der Waals surface area contributed by atoms with E-state index in [9.17, 15) is 22.8 Å². The quantitative estimate of drug-likeness (QED) is 0.397. The molecule has 43 heavy (non-hydrogen) atoms. The lowest BCUT2D eigenvalue weighted by Crippen LogP contribution is -2.40. The van der Waals surface area contributed by atoms with Gasteiger partial charge in [-0.25, -0.2) is 14.8 Å². The van der Waals surface area contributed by atoms with Crippen LogP contribution in [0.2, 0.25) is 0 Å². The second-order valence-electron chi connectivity index (χ2n) is 10.9. The first-order valence-corrected chi connectivity index (χ1v) is 13.6. The zero-order valence-corrected chi connectivity index (χ0v) is 23.8. The highest BCUT2D eigenvalue weighted by atomic mass is 19.4. The molecule has 2 amide bonds. The molecule has 14 heteroatoms. The fourth-order valence-electron chi connectivity index (χ4n) is 4.64. The number of alkyl halides is 3. The molecule has 5 rings (SSSR count). The maximum atomic E-state index is 13.7. The Hall–Kier alpha value is -4.59. The highest BCUT2D eigenvalue weighted by Crippen LogP contribution is 2.39. The standard InChI is InChI=1S/C29H31F3N6O5/c1-28(2,3)43-27(40)36-24-7-4-18(15-34-24)16-38(26(39)29(30,31)32)19-5-6-23-21(14-19)35-25-20(17-42-23)22(8-9-33-25)37-10-12-41-13-11-37/h4-9,14-15H,10-13,16-17H2,1-3H3,(H,33,35)(H,34,36,40). The molecule has 0 radical (unpaired) electrons. The largest absolute Gasteiger partial charge is 0.486 e. The number of hydrogen-bond acceptors (Lipinski definition) is 9. The van der Waals surface area contributed by atoms with Crippen LogP contribution in [-0.2, 0) is 27.4 Å². The summed E-state index contributed by atoms with van der Waals surface area (Å²) in [6, 6.07) is 9.10. The Morgan fingerprint density at radius 2 is 1.86 bits per heavy atom. The fraction of sp³-hybridized carbons (Fsp3) is 0.379. The summed E-state index contributed by atoms with van der Waals surface area (Å²) >= 11 is 0. The van der Waals surface area contributed by atoms with Crippen molar-refractivity contribution in [2.24, 2.45) is 0 Å². The SMILES string of the molecule is CC(C)(C)OC(=O)Nc1ccc(CN(C(=O)C(F)(F)F)c2ccc3c(c2)Nc2nccc(N4CCOCC4)c2CO3)cn1. The van der Waals surface area contributed by atoms with Crippen LogP contribution in [0.3, 0.4) is 0 Å². The van der Waals surface area contributed by atoms with Gasteiger partial charge in [0, 0.05) is 36.9 Å². The van der Waals surface area contributed by atoms with E-state index in [1.54, 1.807) is 27.0 Å². The smallest absolute Gasteiger partial charge is 0.471 e. The first-order chi connectivity index (χ1) is 20.4. The number of aromatic nitrogens is 2. The Bertz CT molecular complexity index is 1490. The van der Waals surface area contributed by atoms with E-state index in [0.29, 0.717) is 54.0 Å². The molecule has 1 saturated heterocycles. The van der Waals surface area contributed by atoms with E-state index in [1.165, 1.54) is 36.5 Å². The predicted octanol–water partition coefficient (Wildman–Crippen LogP) is 5.39. The molecule has 0 atom stereocenters. The normalized spacial score (nSPS) is 14.8. The maximum absolute atomic E-state index is 13.7. The van der Waals surface area contributed by atoms with Crippen LogP contribution in [0.4, 0.5) is 46.7 Å². The Kier molecular flexibility index (Phi) is 8.31. The number of nitrogens with zero attached hydrogens (tertiary/aromatic N) is 4. The molecule has 0 unspecified atom stereocenters. The number of ether oxygens (including phenoxy) is 3. The molecule has 1 aromatic carbocycles. The van der Waals surface area contributed by atoms with Crippen molar-refractivity contribution in [2.75, 3.05) is 46.7 Å². The molecule has 4 heterocycles. The number of amides is 2. The van der Waals surface area contributed by atoms with E-state index in [-0.39, 0.29) is 18.1 Å². The number of carbonyl (C=O) groups is 2. The van der Waals surface area contributed by atoms with Gasteiger partial charge in [0.2, 0.25) is 0 Å². The molecule has 2 aliphatic heterocycles. The first kappa shape index (κ1) is 29.9. The minimum absolute atomic E-state index is 0.0130. The number of rotatable bonds is 5. The number of anilines is 5. The molecular formula is C29H31F3N6O5. The Morgan fingerprint density at radius 3 is 2.53 bits per heavy atom. The van der Waals surface area contributed by atoms with E-state index in [4.69, 9.17) is 14.2 Å². The minimum atomic E-state index is -5.14. The number of fused-ring (bicyclic) bond motifs is 2. The van der Waals surface area contributed by atoms with Crippen molar-refractivity contribution in [3.8, 4) is 5.75 Å². The third-order valence-electron chi connectivity index (χ3n) is 6.56. The number of hydrogen-bond donors (Lipinski definition) is 2. The van der Waals surface area contributed by atoms with Crippen molar-refractivity contribution >= 4 is 40.7 Å². The highest BCUT2D eigenvalue weighted by molar-refractivity contribution is 5.98. The molecule has 0 bridgehead atoms. The van der Waals surface area contributed by atoms with Gasteiger partial charge >= 0.3 is 18.2 Å². The van der Waals surface area contributed by atoms with Gasteiger partial charge in [0.25, 0.3) is 0 Å². The highest BCUT2D eigenvalue weighted by Gasteiger charge is 2.43. The number of morpholine rings is 1. The third-order valence-corrected chi connectivity index (χ3v) is 6.56. The van der Waals surface area contributed by atoms with Gasteiger partial charge in [0.1, 0.15) is 29.6 Å². The second-order valence-corrected chi connectivity index (χ2v) is 10.9. The van der Waals surface area contributed by atoms with Crippen molar-refractivity contribution in [2.45, 2.75) is 45.7 Å². The lowest BCUT2D eigenvalue weighted by molar-refractivity contribution is -0.170. The van der Waals surface area contributed by atoms with E-state index < -0.39 is 30.3 Å². The summed E-state index contributed by atoms with van der Waals surface area (Å²) in [5.41, 5.74) is 1.66. The van der Waals surface area contributed by atoms with Gasteiger partial charge in [-0.3, -0.25) is 10.1 Å². The van der Waals surface area contributed by atoms with Gasteiger partial charge in [-0.1, -0.05) is 6.07 Å². The van der Waals surface area contributed by atoms with Crippen LogP contribution < -0.4 is 25.2 Å². The molecule has 1 fully saturated rings. The number of carbonyl (C=O) groups excluding carboxylic acids is 2. The summed E-state index contributed by atoms with van der Waals surface area (Å²) in [5.74, 6) is -1.01. The molecule has 2 aromatic heterocycles. The van der Waals surface area contributed by atoms with Crippen molar-refractivity contribution in [3.63, 3.8) is 0 Å². The number of halogens is 3. The molecule has 2 N–H and O–H groups in total. The number of pyridine rings is 2. The van der Waals surface area contributed by atoms with Gasteiger partial charge in [-0.2, -0.15) is 13.2 Å². The summed E-state index contributed by atoms with van der Waals surface area (Å²) < 4.78 is 57.8. The zero-order valence-electron chi connectivity index (χ0n) is 23.8. The number of nitrogens with one attached hydrogen (secondary N) is 2. The number of benzene rings is 1. The summed E-state index contributed by atoms with van der Waals surface area (Å²) in [6.07, 6.45) is -2.93. The van der Waals surface area contributed by atoms with Gasteiger partial charge in [-0.15, -0.1) is 0 Å². The molecular weight excluding hydrogens is 569 g/mol. The molecule has 3 aromatic rings. The lowest BCUT2D eigenvalue weighted by Gasteiger charge is -2.30. The van der Waals surface area contributed by atoms with Crippen LogP contribution >= 0.6 is 0 Å². The average molecular weight is 601 g/mol. The van der Waals surface area contributed by atoms with Crippen LogP contribution in [0.25, 0.3) is 0 Å². The first-order valence-electron chi connectivity index (χ1n) is 13.6. The summed E-state index contributed by atoms with van der Waals surface area (Å²) in [7, 11) is 0. The van der Waals surface area contributed by atoms with E-state index in [2.05, 4.69) is 25.5 Å². The van der Waals surface area contributed by atoms with E-state index >= 15 is 0 Å². The Balaban J connectivity index is 1.39. The van der Waals surface area contributed by atoms with Crippen LogP contribution in [0, 0.1) is 0 Å². The average Bonchev–Trinajstić information content (AvgIpc) is 3.14. The molecule has 2 aliphatic rings. The molecule has 228 valence electrons. The van der Waals surface area contributed by atoms with Gasteiger partial charge < -0.3 is 29.3 Å². The van der Waals surface area contributed by atoms with E-state index in [0.717, 1.165) is 11.3 Å². The minimum Gasteiger partial charge on any atom is -0.486 e. The Morgan fingerprint density at radius 1 is 1.09 bits per heavy atom. The van der Waals surface area contributed by atoms with Gasteiger partial charge in [-0.05, 0) is 56.7 Å². The Labute approximate surface area is 245 Å². The second kappa shape index (κ2) is 12.0. The molecule has 0 spiro atoms. The van der Waals surface area contributed by atoms with Crippen molar-refractivity contribution in [1.82, 2.24) is 9.97 Å². The predicted molar refractivity (Wildman–Crippen MR) is 153 cm³/mol. The van der Waals surface area contributed by atoms with Crippen LogP contribution in [-0.4, -0.2) is 60.0 Å². The van der Waals surface area contributed by atoms with Crippen molar-refractivity contribution < 1.29 is 37.0 Å². The third kappa shape index (κ3) is 7.25. The van der Waals surface area contributed by atoms with Gasteiger partial charge in [0.05, 0.1) is 31.0 Å². The van der Waals surface area contributed by atoms with Crippen LogP contribution in [0.1, 0.15) is 31.9 Å². The van der Waals surface area contributed by atoms with Crippen molar-refractivity contribution in [1.29, 1.82) is 0 Å². The van der Waals surface area contributed by atoms with Crippen LogP contribution in [0.5, 0.6) is 5.75 Å². The maximum Gasteiger partial charge on any atom is 0.471 e. The summed E-state index contributed by atoms with van der Waals surface area (Å²) in [4.78, 5) is 35.9. The van der Waals surface area contributed by atoms with Crippen molar-refractivity contribution in [3.05, 3.63) is 59.9 Å². The molecule has 0 aliphatic carbocycles. The fourth-order valence-corrected chi connectivity index (χ4v) is 4.64. The summed E-state index contributed by atoms with van der Waals surface area (Å²) in [6.45, 7) is 7.47. The monoisotopic (exact) mass is 600 g/mol. The van der Waals surface area contributed by atoms with E-state index in [1.807, 2.05) is 6.07 Å². The summed E-state index contributed by atoms with van der Waals surface area (Å²) in [5, 5.41) is 5.64. The molecule has 11 nitrogen and oxygen atoms in total. The topological polar surface area (TPSA) is 118 Å². The lowest BCUT2D eigenvalue weighted by atomic mass is 10.1. The zero-order chi connectivity index (χ0) is 30.8. The van der Waals surface area contributed by atoms with Gasteiger partial charge in [0.15, 0.2) is 0 Å². The van der Waals surface area contributed by atoms with Crippen LogP contribution in [0.15, 0.2) is 48.8 Å². The molecule has 0 saturated carbocycles.